The van der Waals surface area contributed by atoms with Crippen molar-refractivity contribution in [2.75, 3.05) is 0 Å². The minimum Gasteiger partial charge on any atom is -0.460 e. The van der Waals surface area contributed by atoms with Crippen LogP contribution in [0.5, 0.6) is 0 Å². The lowest BCUT2D eigenvalue weighted by Gasteiger charge is -2.26. The van der Waals surface area contributed by atoms with Crippen molar-refractivity contribution < 1.29 is 14.5 Å². The third kappa shape index (κ3) is 3.39. The molecule has 2 heterocycles. The highest BCUT2D eigenvalue weighted by Gasteiger charge is 2.41. The van der Waals surface area contributed by atoms with Crippen molar-refractivity contribution in [3.63, 3.8) is 0 Å². The molecule has 23 heavy (non-hydrogen) atoms. The predicted molar refractivity (Wildman–Crippen MR) is 83.7 cm³/mol. The van der Waals surface area contributed by atoms with Gasteiger partial charge in [0, 0.05) is 18.1 Å². The van der Waals surface area contributed by atoms with Crippen LogP contribution in [0.4, 0.5) is 0 Å². The summed E-state index contributed by atoms with van der Waals surface area (Å²) in [6.07, 6.45) is 2.79. The maximum Gasteiger partial charge on any atom is 0.337 e. The first kappa shape index (κ1) is 16.7. The van der Waals surface area contributed by atoms with Gasteiger partial charge in [-0.25, -0.2) is 4.79 Å². The van der Waals surface area contributed by atoms with Crippen LogP contribution in [0, 0.1) is 10.1 Å². The summed E-state index contributed by atoms with van der Waals surface area (Å²) >= 11 is 0. The molecule has 1 aromatic heterocycles. The number of hydrogen-bond donors (Lipinski definition) is 1. The number of nitrogens with one attached hydrogen (secondary N) is 1. The van der Waals surface area contributed by atoms with E-state index in [9.17, 15) is 14.9 Å². The Balaban J connectivity index is 2.60. The fourth-order valence-electron chi connectivity index (χ4n) is 2.64. The van der Waals surface area contributed by atoms with Crippen LogP contribution in [0.1, 0.15) is 39.2 Å². The van der Waals surface area contributed by atoms with Crippen molar-refractivity contribution in [3.8, 4) is 0 Å². The van der Waals surface area contributed by atoms with Crippen LogP contribution in [-0.4, -0.2) is 22.0 Å². The highest BCUT2D eigenvalue weighted by atomic mass is 16.6. The minimum absolute atomic E-state index is 0.0701. The van der Waals surface area contributed by atoms with Gasteiger partial charge >= 0.3 is 5.97 Å². The highest BCUT2D eigenvalue weighted by molar-refractivity contribution is 5.92. The van der Waals surface area contributed by atoms with Gasteiger partial charge in [0.25, 0.3) is 5.70 Å². The van der Waals surface area contributed by atoms with Crippen LogP contribution in [0.15, 0.2) is 47.2 Å². The molecule has 2 rings (SSSR count). The minimum atomic E-state index is -0.814. The number of dihydropyridines is 1. The van der Waals surface area contributed by atoms with E-state index in [2.05, 4.69) is 10.3 Å². The number of carbonyl (C=O) groups is 1. The Morgan fingerprint density at radius 3 is 2.61 bits per heavy atom. The lowest BCUT2D eigenvalue weighted by atomic mass is 9.85. The number of rotatable bonds is 4. The summed E-state index contributed by atoms with van der Waals surface area (Å²) in [5.74, 6) is -1.38. The Labute approximate surface area is 134 Å². The van der Waals surface area contributed by atoms with Crippen molar-refractivity contribution in [1.29, 1.82) is 0 Å². The molecule has 0 bridgehead atoms. The molecule has 0 spiro atoms. The molecule has 0 radical (unpaired) electrons. The van der Waals surface area contributed by atoms with Gasteiger partial charge in [-0.3, -0.25) is 15.1 Å². The van der Waals surface area contributed by atoms with E-state index in [0.29, 0.717) is 17.0 Å². The monoisotopic (exact) mass is 317 g/mol. The molecule has 0 unspecified atom stereocenters. The van der Waals surface area contributed by atoms with E-state index in [4.69, 9.17) is 4.74 Å². The fraction of sp³-hybridized carbons (Fsp3) is 0.375. The van der Waals surface area contributed by atoms with E-state index >= 15 is 0 Å². The second-order valence-corrected chi connectivity index (χ2v) is 5.60. The summed E-state index contributed by atoms with van der Waals surface area (Å²) < 4.78 is 5.27. The number of ether oxygens (including phenoxy) is 1. The zero-order valence-electron chi connectivity index (χ0n) is 13.5. The molecule has 0 aliphatic carbocycles. The summed E-state index contributed by atoms with van der Waals surface area (Å²) in [5.41, 5.74) is 1.70. The van der Waals surface area contributed by atoms with Gasteiger partial charge in [0.1, 0.15) is 5.92 Å². The number of allylic oxidation sites excluding steroid dienone is 3. The van der Waals surface area contributed by atoms with Crippen molar-refractivity contribution in [2.45, 2.75) is 39.7 Å². The first-order valence-electron chi connectivity index (χ1n) is 7.26. The topological polar surface area (TPSA) is 94.4 Å². The highest BCUT2D eigenvalue weighted by Crippen LogP contribution is 2.38. The summed E-state index contributed by atoms with van der Waals surface area (Å²) in [7, 11) is 0. The number of nitrogens with zero attached hydrogens (tertiary/aromatic N) is 2. The van der Waals surface area contributed by atoms with Gasteiger partial charge in [-0.05, 0) is 39.3 Å². The van der Waals surface area contributed by atoms with Crippen molar-refractivity contribution in [2.24, 2.45) is 0 Å². The lowest BCUT2D eigenvalue weighted by molar-refractivity contribution is -0.431. The van der Waals surface area contributed by atoms with E-state index in [1.54, 1.807) is 46.0 Å². The maximum atomic E-state index is 12.5. The van der Waals surface area contributed by atoms with Gasteiger partial charge < -0.3 is 10.1 Å². The number of esters is 1. The van der Waals surface area contributed by atoms with Crippen LogP contribution >= 0.6 is 0 Å². The average Bonchev–Trinajstić information content (AvgIpc) is 2.45. The lowest BCUT2D eigenvalue weighted by Crippen LogP contribution is -2.32. The maximum absolute atomic E-state index is 12.5. The predicted octanol–water partition coefficient (Wildman–Crippen LogP) is 2.50. The number of pyridine rings is 1. The van der Waals surface area contributed by atoms with Crippen molar-refractivity contribution in [1.82, 2.24) is 10.3 Å². The van der Waals surface area contributed by atoms with E-state index in [1.165, 1.54) is 6.20 Å². The zero-order chi connectivity index (χ0) is 17.1. The van der Waals surface area contributed by atoms with E-state index in [0.717, 1.165) is 0 Å². The molecule has 1 aliphatic heterocycles. The molecule has 1 N–H and O–H groups in total. The first-order chi connectivity index (χ1) is 10.8. The summed E-state index contributed by atoms with van der Waals surface area (Å²) in [5, 5.41) is 14.5. The molecule has 7 heteroatoms. The van der Waals surface area contributed by atoms with Crippen molar-refractivity contribution >= 4 is 5.97 Å². The van der Waals surface area contributed by atoms with Gasteiger partial charge in [-0.1, -0.05) is 6.07 Å². The van der Waals surface area contributed by atoms with Crippen LogP contribution in [0.25, 0.3) is 0 Å². The number of aromatic nitrogens is 1. The zero-order valence-corrected chi connectivity index (χ0v) is 13.5. The standard InChI is InChI=1S/C16H19N3O4/c1-9(2)23-16(20)13-10(3)18-11(4)15(19(21)22)14(13)12-6-5-7-17-8-12/h5-9,14,18H,1-4H3/t14-/m0/s1. The number of hydrogen-bond acceptors (Lipinski definition) is 6. The van der Waals surface area contributed by atoms with Crippen LogP contribution in [-0.2, 0) is 9.53 Å². The van der Waals surface area contributed by atoms with E-state index < -0.39 is 16.8 Å². The Morgan fingerprint density at radius 1 is 1.39 bits per heavy atom. The number of nitro groups is 1. The molecule has 0 saturated heterocycles. The molecule has 1 atom stereocenters. The second-order valence-electron chi connectivity index (χ2n) is 5.60. The largest absolute Gasteiger partial charge is 0.460 e. The average molecular weight is 317 g/mol. The summed E-state index contributed by atoms with van der Waals surface area (Å²) in [6.45, 7) is 6.80. The van der Waals surface area contributed by atoms with Crippen LogP contribution in [0.3, 0.4) is 0 Å². The molecular formula is C16H19N3O4. The Morgan fingerprint density at radius 2 is 2.09 bits per heavy atom. The molecule has 0 aromatic carbocycles. The molecule has 0 fully saturated rings. The summed E-state index contributed by atoms with van der Waals surface area (Å²) in [6, 6.07) is 3.40. The van der Waals surface area contributed by atoms with E-state index in [1.807, 2.05) is 0 Å². The molecule has 1 aliphatic rings. The first-order valence-corrected chi connectivity index (χ1v) is 7.26. The quantitative estimate of drug-likeness (QED) is 0.521. The molecule has 7 nitrogen and oxygen atoms in total. The Kier molecular flexibility index (Phi) is 4.78. The van der Waals surface area contributed by atoms with Gasteiger partial charge in [-0.2, -0.15) is 0 Å². The summed E-state index contributed by atoms with van der Waals surface area (Å²) in [4.78, 5) is 27.6. The molecule has 1 aromatic rings. The Bertz CT molecular complexity index is 693. The SMILES string of the molecule is CC1=C(C(=O)OC(C)C)[C@H](c2cccnc2)C([N+](=O)[O-])=C(C)N1. The van der Waals surface area contributed by atoms with Gasteiger partial charge in [-0.15, -0.1) is 0 Å². The molecule has 0 saturated carbocycles. The fourth-order valence-corrected chi connectivity index (χ4v) is 2.64. The number of carbonyl (C=O) groups excluding carboxylic acids is 1. The second kappa shape index (κ2) is 6.60. The molecule has 0 amide bonds. The normalized spacial score (nSPS) is 18.0. The van der Waals surface area contributed by atoms with Crippen LogP contribution < -0.4 is 5.32 Å². The van der Waals surface area contributed by atoms with Gasteiger partial charge in [0.05, 0.1) is 22.3 Å². The van der Waals surface area contributed by atoms with Crippen LogP contribution in [0.2, 0.25) is 0 Å². The Hall–Kier alpha value is -2.70. The van der Waals surface area contributed by atoms with Gasteiger partial charge in [0.15, 0.2) is 0 Å². The molecule has 122 valence electrons. The van der Waals surface area contributed by atoms with Gasteiger partial charge in [0.2, 0.25) is 0 Å². The third-order valence-electron chi connectivity index (χ3n) is 3.50. The van der Waals surface area contributed by atoms with E-state index in [-0.39, 0.29) is 17.4 Å². The third-order valence-corrected chi connectivity index (χ3v) is 3.50. The smallest absolute Gasteiger partial charge is 0.337 e. The van der Waals surface area contributed by atoms with Crippen molar-refractivity contribution in [3.05, 3.63) is 62.9 Å². The molecular weight excluding hydrogens is 298 g/mol.